The van der Waals surface area contributed by atoms with Crippen molar-refractivity contribution in [1.29, 1.82) is 0 Å². The first-order chi connectivity index (χ1) is 9.26. The van der Waals surface area contributed by atoms with Gasteiger partial charge in [-0.2, -0.15) is 0 Å². The number of hydrogen-bond donors (Lipinski definition) is 2. The molecule has 1 aliphatic rings. The van der Waals surface area contributed by atoms with Gasteiger partial charge in [0.2, 0.25) is 11.8 Å². The lowest BCUT2D eigenvalue weighted by Crippen LogP contribution is -2.43. The molecule has 0 saturated carbocycles. The molecule has 1 aliphatic heterocycles. The van der Waals surface area contributed by atoms with Crippen LogP contribution in [-0.4, -0.2) is 47.6 Å². The van der Waals surface area contributed by atoms with Crippen LogP contribution in [0, 0.1) is 11.3 Å². The number of likely N-dealkylation sites (tertiary alicyclic amines) is 1. The molecular formula is C15H28N2O3. The van der Waals surface area contributed by atoms with E-state index < -0.39 is 0 Å². The van der Waals surface area contributed by atoms with Crippen LogP contribution in [0.1, 0.15) is 47.0 Å². The lowest BCUT2D eigenvalue weighted by atomic mass is 9.88. The van der Waals surface area contributed by atoms with E-state index in [4.69, 9.17) is 0 Å². The maximum absolute atomic E-state index is 12.2. The number of nitrogens with one attached hydrogen (secondary N) is 1. The Bertz CT molecular complexity index is 350. The van der Waals surface area contributed by atoms with Gasteiger partial charge in [0.15, 0.2) is 0 Å². The Morgan fingerprint density at radius 1 is 1.40 bits per heavy atom. The first kappa shape index (κ1) is 17.0. The van der Waals surface area contributed by atoms with Crippen LogP contribution in [0.15, 0.2) is 0 Å². The fourth-order valence-electron chi connectivity index (χ4n) is 2.64. The maximum Gasteiger partial charge on any atom is 0.225 e. The zero-order valence-electron chi connectivity index (χ0n) is 13.1. The summed E-state index contributed by atoms with van der Waals surface area (Å²) in [5.41, 5.74) is 0.0561. The average molecular weight is 284 g/mol. The van der Waals surface area contributed by atoms with Gasteiger partial charge in [0.25, 0.3) is 0 Å². The molecule has 0 aromatic heterocycles. The third-order valence-electron chi connectivity index (χ3n) is 3.64. The van der Waals surface area contributed by atoms with Crippen LogP contribution >= 0.6 is 0 Å². The molecule has 0 aromatic rings. The summed E-state index contributed by atoms with van der Waals surface area (Å²) >= 11 is 0. The van der Waals surface area contributed by atoms with Crippen LogP contribution < -0.4 is 5.32 Å². The number of carbonyl (C=O) groups excluding carboxylic acids is 2. The standard InChI is InChI=1S/C15H28N2O3/c1-5-13(19)17-7-6-11(9-17)14(20)16-12(10-18)8-15(2,3)4/h11-12,18H,5-10H2,1-4H3,(H,16,20). The summed E-state index contributed by atoms with van der Waals surface area (Å²) in [6.07, 6.45) is 1.93. The Morgan fingerprint density at radius 2 is 2.05 bits per heavy atom. The third kappa shape index (κ3) is 5.12. The topological polar surface area (TPSA) is 69.6 Å². The minimum absolute atomic E-state index is 0.0419. The van der Waals surface area contributed by atoms with E-state index in [1.54, 1.807) is 4.90 Å². The highest BCUT2D eigenvalue weighted by atomic mass is 16.3. The van der Waals surface area contributed by atoms with Crippen LogP contribution in [0.25, 0.3) is 0 Å². The summed E-state index contributed by atoms with van der Waals surface area (Å²) in [6, 6.07) is -0.210. The zero-order chi connectivity index (χ0) is 15.3. The molecule has 116 valence electrons. The summed E-state index contributed by atoms with van der Waals surface area (Å²) in [6.45, 7) is 9.20. The van der Waals surface area contributed by atoms with Gasteiger partial charge in [-0.15, -0.1) is 0 Å². The number of aliphatic hydroxyl groups is 1. The third-order valence-corrected chi connectivity index (χ3v) is 3.64. The molecule has 1 heterocycles. The zero-order valence-corrected chi connectivity index (χ0v) is 13.1. The van der Waals surface area contributed by atoms with E-state index in [0.29, 0.717) is 25.9 Å². The van der Waals surface area contributed by atoms with Gasteiger partial charge in [0, 0.05) is 19.5 Å². The highest BCUT2D eigenvalue weighted by Gasteiger charge is 2.31. The molecule has 0 spiro atoms. The molecule has 5 heteroatoms. The predicted molar refractivity (Wildman–Crippen MR) is 78.1 cm³/mol. The monoisotopic (exact) mass is 284 g/mol. The second-order valence-corrected chi connectivity index (χ2v) is 6.83. The van der Waals surface area contributed by atoms with Crippen molar-refractivity contribution in [3.8, 4) is 0 Å². The molecule has 0 bridgehead atoms. The van der Waals surface area contributed by atoms with Gasteiger partial charge < -0.3 is 15.3 Å². The van der Waals surface area contributed by atoms with Gasteiger partial charge in [-0.3, -0.25) is 9.59 Å². The first-order valence-corrected chi connectivity index (χ1v) is 7.46. The number of carbonyl (C=O) groups is 2. The van der Waals surface area contributed by atoms with Gasteiger partial charge in [0.1, 0.15) is 0 Å². The molecular weight excluding hydrogens is 256 g/mol. The number of hydrogen-bond acceptors (Lipinski definition) is 3. The number of aliphatic hydroxyl groups excluding tert-OH is 1. The van der Waals surface area contributed by atoms with Gasteiger partial charge in [0.05, 0.1) is 18.6 Å². The van der Waals surface area contributed by atoms with E-state index in [9.17, 15) is 14.7 Å². The summed E-state index contributed by atoms with van der Waals surface area (Å²) in [5.74, 6) is -0.0760. The molecule has 0 aromatic carbocycles. The summed E-state index contributed by atoms with van der Waals surface area (Å²) in [5, 5.41) is 12.3. The Labute approximate surface area is 121 Å². The quantitative estimate of drug-likeness (QED) is 0.796. The second kappa shape index (κ2) is 7.07. The number of rotatable bonds is 5. The molecule has 0 radical (unpaired) electrons. The Hall–Kier alpha value is -1.10. The van der Waals surface area contributed by atoms with Crippen molar-refractivity contribution in [3.63, 3.8) is 0 Å². The minimum atomic E-state index is -0.210. The Kier molecular flexibility index (Phi) is 5.99. The average Bonchev–Trinajstić information content (AvgIpc) is 2.84. The van der Waals surface area contributed by atoms with Crippen molar-refractivity contribution >= 4 is 11.8 Å². The van der Waals surface area contributed by atoms with Crippen molar-refractivity contribution in [3.05, 3.63) is 0 Å². The van der Waals surface area contributed by atoms with E-state index >= 15 is 0 Å². The number of nitrogens with zero attached hydrogens (tertiary/aromatic N) is 1. The minimum Gasteiger partial charge on any atom is -0.394 e. The molecule has 1 rings (SSSR count). The lowest BCUT2D eigenvalue weighted by molar-refractivity contribution is -0.130. The van der Waals surface area contributed by atoms with Gasteiger partial charge in [-0.05, 0) is 18.3 Å². The van der Waals surface area contributed by atoms with Gasteiger partial charge in [-0.25, -0.2) is 0 Å². The van der Waals surface area contributed by atoms with Crippen LogP contribution in [0.4, 0.5) is 0 Å². The Balaban J connectivity index is 2.48. The summed E-state index contributed by atoms with van der Waals surface area (Å²) in [4.78, 5) is 25.6. The first-order valence-electron chi connectivity index (χ1n) is 7.46. The molecule has 2 atom stereocenters. The largest absolute Gasteiger partial charge is 0.394 e. The van der Waals surface area contributed by atoms with Crippen molar-refractivity contribution in [1.82, 2.24) is 10.2 Å². The fraction of sp³-hybridized carbons (Fsp3) is 0.867. The second-order valence-electron chi connectivity index (χ2n) is 6.83. The highest BCUT2D eigenvalue weighted by molar-refractivity contribution is 5.82. The lowest BCUT2D eigenvalue weighted by Gasteiger charge is -2.26. The van der Waals surface area contributed by atoms with Gasteiger partial charge in [-0.1, -0.05) is 27.7 Å². The van der Waals surface area contributed by atoms with E-state index in [0.717, 1.165) is 6.42 Å². The molecule has 2 unspecified atom stereocenters. The Morgan fingerprint density at radius 3 is 2.55 bits per heavy atom. The van der Waals surface area contributed by atoms with Crippen LogP contribution in [0.2, 0.25) is 0 Å². The van der Waals surface area contributed by atoms with Crippen LogP contribution in [0.5, 0.6) is 0 Å². The van der Waals surface area contributed by atoms with E-state index in [1.807, 2.05) is 6.92 Å². The van der Waals surface area contributed by atoms with Crippen molar-refractivity contribution in [2.45, 2.75) is 53.0 Å². The van der Waals surface area contributed by atoms with Crippen molar-refractivity contribution in [2.24, 2.45) is 11.3 Å². The van der Waals surface area contributed by atoms with Crippen LogP contribution in [-0.2, 0) is 9.59 Å². The molecule has 2 amide bonds. The normalized spacial score (nSPS) is 20.9. The van der Waals surface area contributed by atoms with Crippen LogP contribution in [0.3, 0.4) is 0 Å². The predicted octanol–water partition coefficient (Wildman–Crippen LogP) is 1.16. The van der Waals surface area contributed by atoms with Crippen molar-refractivity contribution < 1.29 is 14.7 Å². The molecule has 5 nitrogen and oxygen atoms in total. The SMILES string of the molecule is CCC(=O)N1CCC(C(=O)NC(CO)CC(C)(C)C)C1. The molecule has 0 aliphatic carbocycles. The smallest absolute Gasteiger partial charge is 0.225 e. The van der Waals surface area contributed by atoms with E-state index in [1.165, 1.54) is 0 Å². The molecule has 1 fully saturated rings. The number of amides is 2. The molecule has 20 heavy (non-hydrogen) atoms. The molecule has 1 saturated heterocycles. The van der Waals surface area contributed by atoms with E-state index in [-0.39, 0.29) is 35.8 Å². The van der Waals surface area contributed by atoms with Gasteiger partial charge >= 0.3 is 0 Å². The highest BCUT2D eigenvalue weighted by Crippen LogP contribution is 2.22. The molecule has 2 N–H and O–H groups in total. The van der Waals surface area contributed by atoms with E-state index in [2.05, 4.69) is 26.1 Å². The van der Waals surface area contributed by atoms with Crippen molar-refractivity contribution in [2.75, 3.05) is 19.7 Å². The fourth-order valence-corrected chi connectivity index (χ4v) is 2.64. The maximum atomic E-state index is 12.2. The summed E-state index contributed by atoms with van der Waals surface area (Å²) < 4.78 is 0. The summed E-state index contributed by atoms with van der Waals surface area (Å²) in [7, 11) is 0.